The Labute approximate surface area is 139 Å². The van der Waals surface area contributed by atoms with E-state index < -0.39 is 5.60 Å². The number of ether oxygens (including phenoxy) is 1. The number of nitrogens with one attached hydrogen (secondary N) is 1. The predicted octanol–water partition coefficient (Wildman–Crippen LogP) is 3.13. The standard InChI is InChI=1S/C18H29N3O2/c1-14-6-5-9-20-16(14)13-19-12-15-7-10-21(11-8-15)17(22)23-18(2,3)4/h5-6,9,15,19H,7-8,10-13H2,1-4H3. The summed E-state index contributed by atoms with van der Waals surface area (Å²) in [5.74, 6) is 0.609. The van der Waals surface area contributed by atoms with E-state index >= 15 is 0 Å². The summed E-state index contributed by atoms with van der Waals surface area (Å²) in [5, 5.41) is 3.50. The Bertz CT molecular complexity index is 517. The SMILES string of the molecule is Cc1cccnc1CNCC1CCN(C(=O)OC(C)(C)C)CC1. The number of rotatable bonds is 4. The number of hydrogen-bond acceptors (Lipinski definition) is 4. The number of carbonyl (C=O) groups excluding carboxylic acids is 1. The molecule has 2 heterocycles. The minimum atomic E-state index is -0.421. The normalized spacial score (nSPS) is 16.4. The first-order chi connectivity index (χ1) is 10.8. The Balaban J connectivity index is 1.69. The van der Waals surface area contributed by atoms with Crippen molar-refractivity contribution in [2.75, 3.05) is 19.6 Å². The highest BCUT2D eigenvalue weighted by atomic mass is 16.6. The number of likely N-dealkylation sites (tertiary alicyclic amines) is 1. The molecule has 1 amide bonds. The average molecular weight is 319 g/mol. The van der Waals surface area contributed by atoms with Crippen molar-refractivity contribution in [3.8, 4) is 0 Å². The number of aromatic nitrogens is 1. The number of pyridine rings is 1. The van der Waals surface area contributed by atoms with E-state index in [0.29, 0.717) is 5.92 Å². The minimum Gasteiger partial charge on any atom is -0.444 e. The molecule has 23 heavy (non-hydrogen) atoms. The second-order valence-electron chi connectivity index (χ2n) is 7.31. The highest BCUT2D eigenvalue weighted by Gasteiger charge is 2.26. The van der Waals surface area contributed by atoms with Crippen molar-refractivity contribution in [2.24, 2.45) is 5.92 Å². The van der Waals surface area contributed by atoms with Crippen LogP contribution in [0, 0.1) is 12.8 Å². The summed E-state index contributed by atoms with van der Waals surface area (Å²) in [6.07, 6.45) is 3.69. The number of piperidine rings is 1. The van der Waals surface area contributed by atoms with Gasteiger partial charge in [0.1, 0.15) is 5.60 Å². The lowest BCUT2D eigenvalue weighted by atomic mass is 9.97. The van der Waals surface area contributed by atoms with Crippen LogP contribution in [0.1, 0.15) is 44.9 Å². The number of nitrogens with zero attached hydrogens (tertiary/aromatic N) is 2. The van der Waals surface area contributed by atoms with Crippen molar-refractivity contribution in [3.63, 3.8) is 0 Å². The maximum Gasteiger partial charge on any atom is 0.410 e. The number of aryl methyl sites for hydroxylation is 1. The summed E-state index contributed by atoms with van der Waals surface area (Å²) in [5.41, 5.74) is 1.91. The first-order valence-electron chi connectivity index (χ1n) is 8.44. The molecule has 0 aromatic carbocycles. The third-order valence-corrected chi connectivity index (χ3v) is 4.11. The highest BCUT2D eigenvalue weighted by Crippen LogP contribution is 2.19. The fourth-order valence-electron chi connectivity index (χ4n) is 2.74. The summed E-state index contributed by atoms with van der Waals surface area (Å²) < 4.78 is 5.43. The van der Waals surface area contributed by atoms with Crippen LogP contribution in [0.4, 0.5) is 4.79 Å². The van der Waals surface area contributed by atoms with Crippen LogP contribution in [-0.4, -0.2) is 41.2 Å². The molecule has 1 fully saturated rings. The van der Waals surface area contributed by atoms with Gasteiger partial charge >= 0.3 is 6.09 Å². The van der Waals surface area contributed by atoms with Gasteiger partial charge in [-0.2, -0.15) is 0 Å². The number of amides is 1. The van der Waals surface area contributed by atoms with Crippen molar-refractivity contribution >= 4 is 6.09 Å². The molecule has 0 saturated carbocycles. The van der Waals surface area contributed by atoms with Gasteiger partial charge in [0, 0.05) is 25.8 Å². The molecule has 128 valence electrons. The molecule has 5 nitrogen and oxygen atoms in total. The van der Waals surface area contributed by atoms with Gasteiger partial charge in [0.2, 0.25) is 0 Å². The van der Waals surface area contributed by atoms with Gasteiger partial charge in [-0.1, -0.05) is 6.07 Å². The van der Waals surface area contributed by atoms with Gasteiger partial charge < -0.3 is 15.0 Å². The van der Waals surface area contributed by atoms with Gasteiger partial charge in [-0.3, -0.25) is 4.98 Å². The van der Waals surface area contributed by atoms with Crippen LogP contribution in [0.5, 0.6) is 0 Å². The second-order valence-corrected chi connectivity index (χ2v) is 7.31. The maximum absolute atomic E-state index is 12.0. The topological polar surface area (TPSA) is 54.5 Å². The molecular weight excluding hydrogens is 290 g/mol. The lowest BCUT2D eigenvalue weighted by Crippen LogP contribution is -2.43. The molecule has 1 aliphatic heterocycles. The number of carbonyl (C=O) groups is 1. The molecule has 1 saturated heterocycles. The third kappa shape index (κ3) is 5.82. The molecule has 1 aromatic heterocycles. The van der Waals surface area contributed by atoms with Gasteiger partial charge in [-0.25, -0.2) is 4.79 Å². The van der Waals surface area contributed by atoms with Crippen LogP contribution >= 0.6 is 0 Å². The molecule has 1 aliphatic rings. The molecule has 0 unspecified atom stereocenters. The maximum atomic E-state index is 12.0. The molecule has 2 rings (SSSR count). The Morgan fingerprint density at radius 1 is 1.39 bits per heavy atom. The molecule has 5 heteroatoms. The van der Waals surface area contributed by atoms with Crippen LogP contribution in [0.3, 0.4) is 0 Å². The van der Waals surface area contributed by atoms with E-state index in [1.165, 1.54) is 5.56 Å². The lowest BCUT2D eigenvalue weighted by molar-refractivity contribution is 0.0184. The summed E-state index contributed by atoms with van der Waals surface area (Å²) in [6, 6.07) is 4.05. The summed E-state index contributed by atoms with van der Waals surface area (Å²) in [4.78, 5) is 18.3. The van der Waals surface area contributed by atoms with Crippen LogP contribution in [-0.2, 0) is 11.3 Å². The van der Waals surface area contributed by atoms with Crippen molar-refractivity contribution in [3.05, 3.63) is 29.6 Å². The van der Waals surface area contributed by atoms with E-state index in [1.54, 1.807) is 0 Å². The molecule has 1 aromatic rings. The van der Waals surface area contributed by atoms with Crippen molar-refractivity contribution < 1.29 is 9.53 Å². The van der Waals surface area contributed by atoms with Crippen molar-refractivity contribution in [1.82, 2.24) is 15.2 Å². The smallest absolute Gasteiger partial charge is 0.410 e. The Morgan fingerprint density at radius 2 is 2.09 bits per heavy atom. The Kier molecular flexibility index (Phi) is 5.99. The van der Waals surface area contributed by atoms with E-state index in [1.807, 2.05) is 37.9 Å². The van der Waals surface area contributed by atoms with Crippen LogP contribution < -0.4 is 5.32 Å². The molecule has 1 N–H and O–H groups in total. The first-order valence-corrected chi connectivity index (χ1v) is 8.44. The fourth-order valence-corrected chi connectivity index (χ4v) is 2.74. The van der Waals surface area contributed by atoms with Crippen molar-refractivity contribution in [1.29, 1.82) is 0 Å². The van der Waals surface area contributed by atoms with E-state index in [-0.39, 0.29) is 6.09 Å². The minimum absolute atomic E-state index is 0.187. The van der Waals surface area contributed by atoms with Crippen molar-refractivity contribution in [2.45, 2.75) is 52.7 Å². The summed E-state index contributed by atoms with van der Waals surface area (Å²) in [7, 11) is 0. The molecule has 0 atom stereocenters. The zero-order chi connectivity index (χ0) is 16.9. The van der Waals surface area contributed by atoms with Gasteiger partial charge in [-0.15, -0.1) is 0 Å². The largest absolute Gasteiger partial charge is 0.444 e. The molecule has 0 aliphatic carbocycles. The highest BCUT2D eigenvalue weighted by molar-refractivity contribution is 5.68. The fraction of sp³-hybridized carbons (Fsp3) is 0.667. The molecule has 0 radical (unpaired) electrons. The quantitative estimate of drug-likeness (QED) is 0.926. The van der Waals surface area contributed by atoms with Crippen LogP contribution in [0.2, 0.25) is 0 Å². The van der Waals surface area contributed by atoms with E-state index in [9.17, 15) is 4.79 Å². The predicted molar refractivity (Wildman–Crippen MR) is 91.2 cm³/mol. The van der Waals surface area contributed by atoms with E-state index in [0.717, 1.165) is 44.7 Å². The van der Waals surface area contributed by atoms with Gasteiger partial charge in [0.15, 0.2) is 0 Å². The van der Waals surface area contributed by atoms with Gasteiger partial charge in [0.25, 0.3) is 0 Å². The molecule has 0 bridgehead atoms. The zero-order valence-corrected chi connectivity index (χ0v) is 14.8. The molecule has 0 spiro atoms. The Morgan fingerprint density at radius 3 is 2.70 bits per heavy atom. The van der Waals surface area contributed by atoms with Crippen LogP contribution in [0.25, 0.3) is 0 Å². The summed E-state index contributed by atoms with van der Waals surface area (Å²) >= 11 is 0. The zero-order valence-electron chi connectivity index (χ0n) is 14.8. The number of hydrogen-bond donors (Lipinski definition) is 1. The Hall–Kier alpha value is -1.62. The first kappa shape index (κ1) is 17.7. The second kappa shape index (κ2) is 7.77. The van der Waals surface area contributed by atoms with Gasteiger partial charge in [-0.05, 0) is 64.6 Å². The summed E-state index contributed by atoms with van der Waals surface area (Å²) in [6.45, 7) is 11.1. The third-order valence-electron chi connectivity index (χ3n) is 4.11. The van der Waals surface area contributed by atoms with E-state index in [4.69, 9.17) is 4.74 Å². The average Bonchev–Trinajstić information content (AvgIpc) is 2.48. The lowest BCUT2D eigenvalue weighted by Gasteiger charge is -2.33. The van der Waals surface area contributed by atoms with Gasteiger partial charge in [0.05, 0.1) is 5.69 Å². The van der Waals surface area contributed by atoms with Crippen LogP contribution in [0.15, 0.2) is 18.3 Å². The molecular formula is C18H29N3O2. The monoisotopic (exact) mass is 319 g/mol. The van der Waals surface area contributed by atoms with E-state index in [2.05, 4.69) is 23.3 Å².